The van der Waals surface area contributed by atoms with Crippen LogP contribution in [0.4, 0.5) is 0 Å². The molecule has 1 N–H and O–H groups in total. The summed E-state index contributed by atoms with van der Waals surface area (Å²) >= 11 is 0. The zero-order valence-electron chi connectivity index (χ0n) is 16.3. The van der Waals surface area contributed by atoms with Crippen LogP contribution in [-0.2, 0) is 38.7 Å². The predicted molar refractivity (Wildman–Crippen MR) is 104 cm³/mol. The first-order valence-electron chi connectivity index (χ1n) is 9.51. The molecule has 6 heteroatoms. The lowest BCUT2D eigenvalue weighted by Gasteiger charge is -2.15. The van der Waals surface area contributed by atoms with Crippen LogP contribution in [0.25, 0.3) is 0 Å². The summed E-state index contributed by atoms with van der Waals surface area (Å²) in [7, 11) is 0. The third-order valence-corrected chi connectivity index (χ3v) is 4.53. The number of nitrogens with zero attached hydrogens (tertiary/aromatic N) is 1. The molecular formula is C21H30N2O4. The topological polar surface area (TPSA) is 67.9 Å². The number of nitrogens with one attached hydrogen (secondary N) is 1. The number of carbonyl (C=O) groups excluding carboxylic acids is 2. The van der Waals surface area contributed by atoms with Gasteiger partial charge in [0.05, 0.1) is 6.61 Å². The van der Waals surface area contributed by atoms with Crippen LogP contribution >= 0.6 is 0 Å². The van der Waals surface area contributed by atoms with Gasteiger partial charge in [-0.2, -0.15) is 0 Å². The monoisotopic (exact) mass is 374 g/mol. The van der Waals surface area contributed by atoms with Crippen LogP contribution in [0.5, 0.6) is 0 Å². The molecule has 0 spiro atoms. The van der Waals surface area contributed by atoms with Crippen molar-refractivity contribution < 1.29 is 19.1 Å². The summed E-state index contributed by atoms with van der Waals surface area (Å²) in [5.41, 5.74) is 3.34. The minimum absolute atomic E-state index is 0.150. The van der Waals surface area contributed by atoms with Crippen molar-refractivity contribution in [2.24, 2.45) is 0 Å². The van der Waals surface area contributed by atoms with Crippen LogP contribution < -0.4 is 5.32 Å². The fraction of sp³-hybridized carbons (Fsp3) is 0.524. The van der Waals surface area contributed by atoms with Gasteiger partial charge in [0, 0.05) is 39.3 Å². The normalized spacial score (nSPS) is 13.9. The van der Waals surface area contributed by atoms with Crippen molar-refractivity contribution in [3.05, 3.63) is 47.5 Å². The third kappa shape index (κ3) is 6.48. The van der Waals surface area contributed by atoms with Crippen molar-refractivity contribution in [2.75, 3.05) is 19.8 Å². The molecule has 0 aromatic heterocycles. The standard InChI is InChI=1S/C21H30N2O4/c1-4-10-27-16(3)21(25)22-13-17-8-9-18-14-23(15-19(18)12-17)20(24)7-6-11-26-5-2/h4,8-9,12,16H,1,5-7,10-11,13-15H2,2-3H3,(H,22,25). The molecule has 1 aliphatic rings. The largest absolute Gasteiger partial charge is 0.382 e. The van der Waals surface area contributed by atoms with Gasteiger partial charge in [-0.3, -0.25) is 9.59 Å². The zero-order valence-corrected chi connectivity index (χ0v) is 16.3. The lowest BCUT2D eigenvalue weighted by atomic mass is 10.1. The van der Waals surface area contributed by atoms with Gasteiger partial charge >= 0.3 is 0 Å². The molecular weight excluding hydrogens is 344 g/mol. The quantitative estimate of drug-likeness (QED) is 0.477. The van der Waals surface area contributed by atoms with Crippen molar-refractivity contribution in [1.29, 1.82) is 0 Å². The van der Waals surface area contributed by atoms with E-state index in [0.29, 0.717) is 45.9 Å². The van der Waals surface area contributed by atoms with Gasteiger partial charge in [-0.15, -0.1) is 6.58 Å². The summed E-state index contributed by atoms with van der Waals surface area (Å²) in [5, 5.41) is 2.88. The van der Waals surface area contributed by atoms with Crippen molar-refractivity contribution in [2.45, 2.75) is 52.4 Å². The molecule has 148 valence electrons. The highest BCUT2D eigenvalue weighted by Gasteiger charge is 2.23. The average molecular weight is 374 g/mol. The molecule has 1 atom stereocenters. The minimum atomic E-state index is -0.512. The van der Waals surface area contributed by atoms with Crippen LogP contribution in [0.2, 0.25) is 0 Å². The van der Waals surface area contributed by atoms with Crippen molar-refractivity contribution in [3.8, 4) is 0 Å². The summed E-state index contributed by atoms with van der Waals surface area (Å²) in [4.78, 5) is 26.2. The highest BCUT2D eigenvalue weighted by Crippen LogP contribution is 2.24. The maximum Gasteiger partial charge on any atom is 0.249 e. The molecule has 0 fully saturated rings. The fourth-order valence-electron chi connectivity index (χ4n) is 2.98. The Morgan fingerprint density at radius 1 is 1.33 bits per heavy atom. The maximum atomic E-state index is 12.3. The number of hydrogen-bond acceptors (Lipinski definition) is 4. The molecule has 2 rings (SSSR count). The van der Waals surface area contributed by atoms with Crippen LogP contribution in [0.1, 0.15) is 43.4 Å². The van der Waals surface area contributed by atoms with E-state index in [9.17, 15) is 9.59 Å². The smallest absolute Gasteiger partial charge is 0.249 e. The molecule has 27 heavy (non-hydrogen) atoms. The number of benzene rings is 1. The summed E-state index contributed by atoms with van der Waals surface area (Å²) in [6.45, 7) is 10.6. The Hall–Kier alpha value is -2.18. The van der Waals surface area contributed by atoms with Gasteiger partial charge < -0.3 is 19.7 Å². The van der Waals surface area contributed by atoms with Crippen LogP contribution in [-0.4, -0.2) is 42.6 Å². The summed E-state index contributed by atoms with van der Waals surface area (Å²) in [5.74, 6) is 0.0115. The van der Waals surface area contributed by atoms with E-state index in [4.69, 9.17) is 9.47 Å². The van der Waals surface area contributed by atoms with E-state index in [2.05, 4.69) is 18.0 Å². The highest BCUT2D eigenvalue weighted by atomic mass is 16.5. The lowest BCUT2D eigenvalue weighted by Crippen LogP contribution is -2.34. The summed E-state index contributed by atoms with van der Waals surface area (Å²) < 4.78 is 10.6. The molecule has 1 unspecified atom stereocenters. The van der Waals surface area contributed by atoms with E-state index >= 15 is 0 Å². The minimum Gasteiger partial charge on any atom is -0.382 e. The van der Waals surface area contributed by atoms with Gasteiger partial charge in [0.1, 0.15) is 6.10 Å². The molecule has 6 nitrogen and oxygen atoms in total. The molecule has 1 aromatic rings. The van der Waals surface area contributed by atoms with Gasteiger partial charge in [0.2, 0.25) is 11.8 Å². The molecule has 1 aliphatic heterocycles. The SMILES string of the molecule is C=CCOC(C)C(=O)NCc1ccc2c(c1)CN(C(=O)CCCOCC)C2. The Kier molecular flexibility index (Phi) is 8.48. The van der Waals surface area contributed by atoms with Gasteiger partial charge in [0.25, 0.3) is 0 Å². The number of ether oxygens (including phenoxy) is 2. The Balaban J connectivity index is 1.82. The molecule has 1 aromatic carbocycles. The Labute approximate surface area is 161 Å². The number of fused-ring (bicyclic) bond motifs is 1. The average Bonchev–Trinajstić information content (AvgIpc) is 3.10. The number of hydrogen-bond donors (Lipinski definition) is 1. The molecule has 2 amide bonds. The van der Waals surface area contributed by atoms with Gasteiger partial charge in [-0.05, 0) is 37.0 Å². The zero-order chi connectivity index (χ0) is 19.6. The second-order valence-corrected chi connectivity index (χ2v) is 6.64. The van der Waals surface area contributed by atoms with Crippen molar-refractivity contribution in [3.63, 3.8) is 0 Å². The fourth-order valence-corrected chi connectivity index (χ4v) is 2.98. The van der Waals surface area contributed by atoms with E-state index in [1.54, 1.807) is 13.0 Å². The van der Waals surface area contributed by atoms with Crippen LogP contribution in [0.15, 0.2) is 30.9 Å². The van der Waals surface area contributed by atoms with Crippen molar-refractivity contribution >= 4 is 11.8 Å². The third-order valence-electron chi connectivity index (χ3n) is 4.53. The van der Waals surface area contributed by atoms with E-state index in [-0.39, 0.29) is 11.8 Å². The number of carbonyl (C=O) groups is 2. The highest BCUT2D eigenvalue weighted by molar-refractivity contribution is 5.80. The number of amides is 2. The maximum absolute atomic E-state index is 12.3. The van der Waals surface area contributed by atoms with Crippen molar-refractivity contribution in [1.82, 2.24) is 10.2 Å². The Morgan fingerprint density at radius 3 is 2.85 bits per heavy atom. The Bertz CT molecular complexity index is 660. The van der Waals surface area contributed by atoms with E-state index in [0.717, 1.165) is 17.5 Å². The van der Waals surface area contributed by atoms with E-state index in [1.807, 2.05) is 24.0 Å². The van der Waals surface area contributed by atoms with Gasteiger partial charge in [0.15, 0.2) is 0 Å². The van der Waals surface area contributed by atoms with E-state index in [1.165, 1.54) is 5.56 Å². The molecule has 0 bridgehead atoms. The van der Waals surface area contributed by atoms with E-state index < -0.39 is 6.10 Å². The lowest BCUT2D eigenvalue weighted by molar-refractivity contribution is -0.132. The van der Waals surface area contributed by atoms with Gasteiger partial charge in [-0.25, -0.2) is 0 Å². The Morgan fingerprint density at radius 2 is 2.11 bits per heavy atom. The molecule has 0 saturated heterocycles. The first kappa shape index (κ1) is 21.1. The number of rotatable bonds is 11. The van der Waals surface area contributed by atoms with Crippen LogP contribution in [0, 0.1) is 0 Å². The van der Waals surface area contributed by atoms with Crippen LogP contribution in [0.3, 0.4) is 0 Å². The predicted octanol–water partition coefficient (Wildman–Crippen LogP) is 2.55. The molecule has 1 heterocycles. The second kappa shape index (κ2) is 10.8. The molecule has 0 radical (unpaired) electrons. The summed E-state index contributed by atoms with van der Waals surface area (Å²) in [6.07, 6.45) is 2.37. The van der Waals surface area contributed by atoms with Gasteiger partial charge in [-0.1, -0.05) is 24.3 Å². The molecule has 0 aliphatic carbocycles. The second-order valence-electron chi connectivity index (χ2n) is 6.64. The first-order valence-corrected chi connectivity index (χ1v) is 9.51. The molecule has 0 saturated carbocycles. The summed E-state index contributed by atoms with van der Waals surface area (Å²) in [6, 6.07) is 6.11. The first-order chi connectivity index (χ1) is 13.0.